The maximum Gasteiger partial charge on any atom is 0.181 e. The zero-order chi connectivity index (χ0) is 15.4. The first-order valence-electron chi connectivity index (χ1n) is 7.39. The smallest absolute Gasteiger partial charge is 0.181 e. The van der Waals surface area contributed by atoms with Crippen LogP contribution < -0.4 is 14.8 Å². The number of ether oxygens (including phenoxy) is 2. The maximum atomic E-state index is 5.62. The van der Waals surface area contributed by atoms with E-state index in [1.165, 1.54) is 6.39 Å². The molecule has 0 saturated carbocycles. The fraction of sp³-hybridized carbons (Fsp3) is 0.438. The number of benzene rings is 1. The van der Waals surface area contributed by atoms with Gasteiger partial charge in [-0.15, -0.1) is 0 Å². The van der Waals surface area contributed by atoms with Gasteiger partial charge in [0.25, 0.3) is 0 Å². The van der Waals surface area contributed by atoms with Gasteiger partial charge in [-0.25, -0.2) is 4.98 Å². The third-order valence-corrected chi connectivity index (χ3v) is 3.87. The number of nitrogens with zero attached hydrogens (tertiary/aromatic N) is 2. The van der Waals surface area contributed by atoms with Crippen molar-refractivity contribution in [3.8, 4) is 22.8 Å². The molecule has 0 bridgehead atoms. The highest BCUT2D eigenvalue weighted by atomic mass is 16.5. The van der Waals surface area contributed by atoms with Gasteiger partial charge in [0.2, 0.25) is 0 Å². The summed E-state index contributed by atoms with van der Waals surface area (Å²) in [5.41, 5.74) is 1.90. The average molecular weight is 303 g/mol. The molecule has 0 aliphatic carbocycles. The summed E-state index contributed by atoms with van der Waals surface area (Å²) in [6.07, 6.45) is 1.50. The number of methoxy groups -OCH3 is 2. The van der Waals surface area contributed by atoms with Crippen molar-refractivity contribution in [3.63, 3.8) is 0 Å². The SMILES string of the molecule is COc1ccc(-c2ocnc2CN2CCNCC2)cc1OC. The van der Waals surface area contributed by atoms with Crippen molar-refractivity contribution in [1.82, 2.24) is 15.2 Å². The second-order valence-corrected chi connectivity index (χ2v) is 5.22. The molecule has 0 amide bonds. The number of rotatable bonds is 5. The lowest BCUT2D eigenvalue weighted by atomic mass is 10.1. The van der Waals surface area contributed by atoms with Crippen LogP contribution in [0, 0.1) is 0 Å². The molecule has 0 radical (unpaired) electrons. The number of aromatic nitrogens is 1. The largest absolute Gasteiger partial charge is 0.493 e. The van der Waals surface area contributed by atoms with Gasteiger partial charge in [0.15, 0.2) is 23.7 Å². The highest BCUT2D eigenvalue weighted by molar-refractivity contribution is 5.64. The van der Waals surface area contributed by atoms with Crippen molar-refractivity contribution in [3.05, 3.63) is 30.3 Å². The van der Waals surface area contributed by atoms with Gasteiger partial charge in [0.05, 0.1) is 14.2 Å². The number of oxazole rings is 1. The van der Waals surface area contributed by atoms with E-state index in [4.69, 9.17) is 13.9 Å². The van der Waals surface area contributed by atoms with Gasteiger partial charge in [0.1, 0.15) is 5.69 Å². The zero-order valence-electron chi connectivity index (χ0n) is 13.0. The van der Waals surface area contributed by atoms with E-state index >= 15 is 0 Å². The highest BCUT2D eigenvalue weighted by Crippen LogP contribution is 2.33. The molecule has 0 unspecified atom stereocenters. The summed E-state index contributed by atoms with van der Waals surface area (Å²) in [5.74, 6) is 2.18. The molecule has 118 valence electrons. The van der Waals surface area contributed by atoms with E-state index in [2.05, 4.69) is 15.2 Å². The topological polar surface area (TPSA) is 59.8 Å². The molecule has 1 aliphatic heterocycles. The summed E-state index contributed by atoms with van der Waals surface area (Å²) in [7, 11) is 3.26. The highest BCUT2D eigenvalue weighted by Gasteiger charge is 2.17. The van der Waals surface area contributed by atoms with Crippen molar-refractivity contribution in [2.24, 2.45) is 0 Å². The molecular formula is C16H21N3O3. The standard InChI is InChI=1S/C16H21N3O3/c1-20-14-4-3-12(9-15(14)21-2)16-13(18-11-22-16)10-19-7-5-17-6-8-19/h3-4,9,11,17H,5-8,10H2,1-2H3. The molecular weight excluding hydrogens is 282 g/mol. The van der Waals surface area contributed by atoms with E-state index < -0.39 is 0 Å². The van der Waals surface area contributed by atoms with Gasteiger partial charge >= 0.3 is 0 Å². The quantitative estimate of drug-likeness (QED) is 0.908. The molecule has 3 rings (SSSR count). The lowest BCUT2D eigenvalue weighted by molar-refractivity contribution is 0.231. The van der Waals surface area contributed by atoms with Crippen molar-refractivity contribution >= 4 is 0 Å². The molecule has 22 heavy (non-hydrogen) atoms. The van der Waals surface area contributed by atoms with Gasteiger partial charge < -0.3 is 19.2 Å². The molecule has 0 atom stereocenters. The number of hydrogen-bond donors (Lipinski definition) is 1. The van der Waals surface area contributed by atoms with Crippen molar-refractivity contribution in [2.75, 3.05) is 40.4 Å². The summed E-state index contributed by atoms with van der Waals surface area (Å²) in [5, 5.41) is 3.35. The Balaban J connectivity index is 1.84. The molecule has 0 spiro atoms. The fourth-order valence-electron chi connectivity index (χ4n) is 2.68. The van der Waals surface area contributed by atoms with E-state index in [9.17, 15) is 0 Å². The first kappa shape index (κ1) is 14.9. The Morgan fingerprint density at radius 3 is 2.68 bits per heavy atom. The molecule has 1 saturated heterocycles. The van der Waals surface area contributed by atoms with Crippen LogP contribution >= 0.6 is 0 Å². The molecule has 6 heteroatoms. The maximum absolute atomic E-state index is 5.62. The third kappa shape index (κ3) is 3.08. The molecule has 2 aromatic rings. The first-order chi connectivity index (χ1) is 10.8. The Labute approximate surface area is 130 Å². The van der Waals surface area contributed by atoms with E-state index in [1.54, 1.807) is 14.2 Å². The average Bonchev–Trinajstić information content (AvgIpc) is 3.03. The summed E-state index contributed by atoms with van der Waals surface area (Å²) < 4.78 is 16.2. The molecule has 1 aromatic heterocycles. The zero-order valence-corrected chi connectivity index (χ0v) is 13.0. The van der Waals surface area contributed by atoms with Crippen LogP contribution in [0.3, 0.4) is 0 Å². The van der Waals surface area contributed by atoms with Crippen LogP contribution in [0.25, 0.3) is 11.3 Å². The van der Waals surface area contributed by atoms with Crippen LogP contribution in [0.15, 0.2) is 29.0 Å². The minimum Gasteiger partial charge on any atom is -0.493 e. The van der Waals surface area contributed by atoms with Crippen molar-refractivity contribution < 1.29 is 13.9 Å². The summed E-state index contributed by atoms with van der Waals surface area (Å²) >= 11 is 0. The molecule has 1 aliphatic rings. The Bertz CT molecular complexity index is 621. The van der Waals surface area contributed by atoms with Crippen molar-refractivity contribution in [1.29, 1.82) is 0 Å². The second kappa shape index (κ2) is 6.81. The van der Waals surface area contributed by atoms with Crippen LogP contribution in [0.4, 0.5) is 0 Å². The minimum absolute atomic E-state index is 0.685. The van der Waals surface area contributed by atoms with Crippen molar-refractivity contribution in [2.45, 2.75) is 6.54 Å². The van der Waals surface area contributed by atoms with Crippen LogP contribution in [-0.2, 0) is 6.54 Å². The molecule has 6 nitrogen and oxygen atoms in total. The summed E-state index contributed by atoms with van der Waals surface area (Å²) in [6.45, 7) is 4.88. The van der Waals surface area contributed by atoms with Gasteiger partial charge in [-0.2, -0.15) is 0 Å². The lowest BCUT2D eigenvalue weighted by Gasteiger charge is -2.26. The lowest BCUT2D eigenvalue weighted by Crippen LogP contribution is -2.43. The molecule has 2 heterocycles. The van der Waals surface area contributed by atoms with E-state index in [0.29, 0.717) is 11.5 Å². The molecule has 1 aromatic carbocycles. The predicted octanol–water partition coefficient (Wildman–Crippen LogP) is 1.76. The normalized spacial score (nSPS) is 15.7. The Kier molecular flexibility index (Phi) is 4.60. The van der Waals surface area contributed by atoms with E-state index in [-0.39, 0.29) is 0 Å². The van der Waals surface area contributed by atoms with Gasteiger partial charge in [-0.05, 0) is 18.2 Å². The first-order valence-corrected chi connectivity index (χ1v) is 7.39. The van der Waals surface area contributed by atoms with Crippen LogP contribution in [0.5, 0.6) is 11.5 Å². The number of nitrogens with one attached hydrogen (secondary N) is 1. The predicted molar refractivity (Wildman–Crippen MR) is 83.2 cm³/mol. The van der Waals surface area contributed by atoms with E-state index in [1.807, 2.05) is 18.2 Å². The Hall–Kier alpha value is -2.05. The fourth-order valence-corrected chi connectivity index (χ4v) is 2.68. The molecule has 1 fully saturated rings. The van der Waals surface area contributed by atoms with Crippen LogP contribution in [-0.4, -0.2) is 50.3 Å². The Morgan fingerprint density at radius 2 is 1.95 bits per heavy atom. The van der Waals surface area contributed by atoms with E-state index in [0.717, 1.165) is 49.7 Å². The third-order valence-electron chi connectivity index (χ3n) is 3.87. The number of piperazine rings is 1. The van der Waals surface area contributed by atoms with Gasteiger partial charge in [-0.3, -0.25) is 4.90 Å². The monoisotopic (exact) mass is 303 g/mol. The van der Waals surface area contributed by atoms with Gasteiger partial charge in [0, 0.05) is 38.3 Å². The Morgan fingerprint density at radius 1 is 1.18 bits per heavy atom. The van der Waals surface area contributed by atoms with Crippen LogP contribution in [0.1, 0.15) is 5.69 Å². The minimum atomic E-state index is 0.685. The van der Waals surface area contributed by atoms with Gasteiger partial charge in [-0.1, -0.05) is 0 Å². The summed E-state index contributed by atoms with van der Waals surface area (Å²) in [6, 6.07) is 5.76. The summed E-state index contributed by atoms with van der Waals surface area (Å²) in [4.78, 5) is 6.76. The van der Waals surface area contributed by atoms with Crippen LogP contribution in [0.2, 0.25) is 0 Å². The molecule has 1 N–H and O–H groups in total. The second-order valence-electron chi connectivity index (χ2n) is 5.22. The number of hydrogen-bond acceptors (Lipinski definition) is 6.